The Morgan fingerprint density at radius 2 is 1.63 bits per heavy atom. The van der Waals surface area contributed by atoms with Crippen LogP contribution >= 0.6 is 11.6 Å². The van der Waals surface area contributed by atoms with Gasteiger partial charge in [0.2, 0.25) is 0 Å². The predicted octanol–water partition coefficient (Wildman–Crippen LogP) is 6.23. The average molecular weight is 528 g/mol. The molecule has 1 saturated carbocycles. The van der Waals surface area contributed by atoms with Crippen molar-refractivity contribution in [1.29, 1.82) is 0 Å². The van der Waals surface area contributed by atoms with Crippen molar-refractivity contribution in [2.45, 2.75) is 70.4 Å². The highest BCUT2D eigenvalue weighted by Gasteiger charge is 2.51. The molecule has 3 heterocycles. The van der Waals surface area contributed by atoms with E-state index in [2.05, 4.69) is 61.1 Å². The summed E-state index contributed by atoms with van der Waals surface area (Å²) in [7, 11) is 0. The first-order valence-electron chi connectivity index (χ1n) is 13.7. The minimum atomic E-state index is -0.315. The van der Waals surface area contributed by atoms with E-state index in [0.29, 0.717) is 5.02 Å². The summed E-state index contributed by atoms with van der Waals surface area (Å²) in [5.74, 6) is 1.81. The molecule has 4 aromatic rings. The number of aliphatic imine (C=N–C) groups is 1. The molecule has 7 nitrogen and oxygen atoms in total. The van der Waals surface area contributed by atoms with Gasteiger partial charge in [0.15, 0.2) is 5.82 Å². The molecule has 2 aromatic carbocycles. The first-order chi connectivity index (χ1) is 18.6. The second-order valence-electron chi connectivity index (χ2n) is 10.5. The average Bonchev–Trinajstić information content (AvgIpc) is 3.40. The first kappa shape index (κ1) is 25.0. The summed E-state index contributed by atoms with van der Waals surface area (Å²) in [6.45, 7) is 3.75. The van der Waals surface area contributed by atoms with Gasteiger partial charge in [-0.25, -0.2) is 0 Å². The van der Waals surface area contributed by atoms with Crippen molar-refractivity contribution in [3.8, 4) is 16.8 Å². The van der Waals surface area contributed by atoms with Crippen LogP contribution in [0.1, 0.15) is 74.1 Å². The SMILES string of the molecule is Cc1nnc2n1-c1ccc(-c3cnn(CCCCCCCCN)c3)cc1C(c1ccc(Cl)cc1)=NC21CC1. The topological polar surface area (TPSA) is 86.9 Å². The summed E-state index contributed by atoms with van der Waals surface area (Å²) in [5, 5.41) is 14.4. The molecule has 0 bridgehead atoms. The standard InChI is InChI=1S/C30H34ClN7/c1-21-35-36-29-30(14-15-30)34-28(22-8-11-25(31)12-9-22)26-18-23(10-13-27(26)38(21)29)24-19-33-37(20-24)17-7-5-3-2-4-6-16-32/h8-13,18-20H,2-7,14-17,32H2,1H3. The van der Waals surface area contributed by atoms with Crippen LogP contribution in [-0.2, 0) is 12.1 Å². The zero-order valence-corrected chi connectivity index (χ0v) is 22.7. The normalized spacial score (nSPS) is 15.2. The van der Waals surface area contributed by atoms with E-state index in [-0.39, 0.29) is 5.54 Å². The smallest absolute Gasteiger partial charge is 0.165 e. The van der Waals surface area contributed by atoms with Gasteiger partial charge in [-0.15, -0.1) is 10.2 Å². The second kappa shape index (κ2) is 10.5. The molecule has 0 amide bonds. The van der Waals surface area contributed by atoms with E-state index >= 15 is 0 Å². The number of fused-ring (bicyclic) bond motifs is 4. The molecule has 0 saturated heterocycles. The number of hydrogen-bond donors (Lipinski definition) is 1. The van der Waals surface area contributed by atoms with E-state index in [1.807, 2.05) is 25.3 Å². The Kier molecular flexibility index (Phi) is 6.89. The molecular weight excluding hydrogens is 494 g/mol. The Hall–Kier alpha value is -3.29. The van der Waals surface area contributed by atoms with Gasteiger partial charge in [-0.2, -0.15) is 5.10 Å². The van der Waals surface area contributed by atoms with Gasteiger partial charge in [0.25, 0.3) is 0 Å². The lowest BCUT2D eigenvalue weighted by molar-refractivity contribution is 0.525. The Morgan fingerprint density at radius 1 is 0.895 bits per heavy atom. The number of rotatable bonds is 10. The van der Waals surface area contributed by atoms with Gasteiger partial charge in [-0.3, -0.25) is 14.2 Å². The number of aromatic nitrogens is 5. The van der Waals surface area contributed by atoms with Gasteiger partial charge in [-0.1, -0.05) is 55.5 Å². The van der Waals surface area contributed by atoms with Crippen LogP contribution in [0.15, 0.2) is 59.9 Å². The van der Waals surface area contributed by atoms with Crippen molar-refractivity contribution in [2.24, 2.45) is 10.7 Å². The lowest BCUT2D eigenvalue weighted by Gasteiger charge is -2.14. The number of benzene rings is 2. The van der Waals surface area contributed by atoms with Crippen molar-refractivity contribution in [3.05, 3.63) is 82.7 Å². The van der Waals surface area contributed by atoms with E-state index < -0.39 is 0 Å². The molecule has 6 rings (SSSR count). The molecule has 8 heteroatoms. The molecule has 38 heavy (non-hydrogen) atoms. The first-order valence-corrected chi connectivity index (χ1v) is 14.1. The van der Waals surface area contributed by atoms with Crippen LogP contribution in [0.2, 0.25) is 5.02 Å². The van der Waals surface area contributed by atoms with E-state index in [4.69, 9.17) is 22.3 Å². The summed E-state index contributed by atoms with van der Waals surface area (Å²) in [5.41, 5.74) is 11.7. The van der Waals surface area contributed by atoms with Crippen LogP contribution in [0, 0.1) is 6.92 Å². The van der Waals surface area contributed by atoms with Crippen molar-refractivity contribution < 1.29 is 0 Å². The summed E-state index contributed by atoms with van der Waals surface area (Å²) in [6.07, 6.45) is 13.3. The van der Waals surface area contributed by atoms with Crippen molar-refractivity contribution >= 4 is 17.3 Å². The lowest BCUT2D eigenvalue weighted by Crippen LogP contribution is -2.11. The molecule has 196 valence electrons. The molecule has 2 N–H and O–H groups in total. The van der Waals surface area contributed by atoms with E-state index in [1.165, 1.54) is 25.7 Å². The van der Waals surface area contributed by atoms with Gasteiger partial charge in [0.1, 0.15) is 11.4 Å². The van der Waals surface area contributed by atoms with E-state index in [0.717, 1.165) is 84.1 Å². The van der Waals surface area contributed by atoms with E-state index in [1.54, 1.807) is 0 Å². The van der Waals surface area contributed by atoms with Crippen molar-refractivity contribution in [3.63, 3.8) is 0 Å². The van der Waals surface area contributed by atoms with Crippen LogP contribution in [-0.4, -0.2) is 36.8 Å². The molecule has 1 fully saturated rings. The molecule has 1 aliphatic carbocycles. The van der Waals surface area contributed by atoms with Crippen LogP contribution < -0.4 is 5.73 Å². The Labute approximate surface area is 228 Å². The molecule has 0 atom stereocenters. The maximum atomic E-state index is 6.23. The number of unbranched alkanes of at least 4 members (excludes halogenated alkanes) is 5. The Balaban J connectivity index is 1.31. The monoisotopic (exact) mass is 527 g/mol. The third-order valence-electron chi connectivity index (χ3n) is 7.71. The fourth-order valence-corrected chi connectivity index (χ4v) is 5.54. The lowest BCUT2D eigenvalue weighted by atomic mass is 9.96. The zero-order valence-electron chi connectivity index (χ0n) is 21.9. The third-order valence-corrected chi connectivity index (χ3v) is 7.96. The molecule has 0 radical (unpaired) electrons. The minimum absolute atomic E-state index is 0.315. The van der Waals surface area contributed by atoms with Gasteiger partial charge in [0, 0.05) is 34.5 Å². The van der Waals surface area contributed by atoms with Gasteiger partial charge >= 0.3 is 0 Å². The maximum Gasteiger partial charge on any atom is 0.165 e. The van der Waals surface area contributed by atoms with Crippen LogP contribution in [0.5, 0.6) is 0 Å². The number of nitrogens with zero attached hydrogens (tertiary/aromatic N) is 6. The van der Waals surface area contributed by atoms with Gasteiger partial charge < -0.3 is 5.73 Å². The van der Waals surface area contributed by atoms with Crippen LogP contribution in [0.3, 0.4) is 0 Å². The zero-order chi connectivity index (χ0) is 26.1. The highest BCUT2D eigenvalue weighted by molar-refractivity contribution is 6.30. The maximum absolute atomic E-state index is 6.23. The van der Waals surface area contributed by atoms with Crippen molar-refractivity contribution in [1.82, 2.24) is 24.5 Å². The highest BCUT2D eigenvalue weighted by Crippen LogP contribution is 2.51. The molecule has 0 unspecified atom stereocenters. The third kappa shape index (κ3) is 4.81. The van der Waals surface area contributed by atoms with Gasteiger partial charge in [-0.05, 0) is 69.0 Å². The molecule has 1 spiro atoms. The largest absolute Gasteiger partial charge is 0.330 e. The number of aryl methyl sites for hydroxylation is 2. The van der Waals surface area contributed by atoms with E-state index in [9.17, 15) is 0 Å². The molecule has 1 aliphatic heterocycles. The fraction of sp³-hybridized carbons (Fsp3) is 0.400. The second-order valence-corrected chi connectivity index (χ2v) is 11.0. The minimum Gasteiger partial charge on any atom is -0.330 e. The Bertz CT molecular complexity index is 1460. The molecular formula is C30H34ClN7. The van der Waals surface area contributed by atoms with Gasteiger partial charge in [0.05, 0.1) is 17.6 Å². The van der Waals surface area contributed by atoms with Crippen LogP contribution in [0.4, 0.5) is 0 Å². The number of halogens is 1. The quantitative estimate of drug-likeness (QED) is 0.247. The predicted molar refractivity (Wildman–Crippen MR) is 152 cm³/mol. The Morgan fingerprint density at radius 3 is 2.39 bits per heavy atom. The highest BCUT2D eigenvalue weighted by atomic mass is 35.5. The number of nitrogens with two attached hydrogens (primary N) is 1. The summed E-state index contributed by atoms with van der Waals surface area (Å²) in [6, 6.07) is 14.6. The summed E-state index contributed by atoms with van der Waals surface area (Å²) < 4.78 is 4.26. The molecule has 2 aromatic heterocycles. The van der Waals surface area contributed by atoms with Crippen LogP contribution in [0.25, 0.3) is 16.8 Å². The fourth-order valence-electron chi connectivity index (χ4n) is 5.42. The summed E-state index contributed by atoms with van der Waals surface area (Å²) >= 11 is 6.23. The van der Waals surface area contributed by atoms with Crippen molar-refractivity contribution in [2.75, 3.05) is 6.54 Å². The molecule has 2 aliphatic rings. The number of hydrogen-bond acceptors (Lipinski definition) is 5. The summed E-state index contributed by atoms with van der Waals surface area (Å²) in [4.78, 5) is 5.35.